The second-order valence-electron chi connectivity index (χ2n) is 5.74. The molecule has 2 aliphatic rings. The van der Waals surface area contributed by atoms with Crippen LogP contribution in [-0.2, 0) is 6.54 Å². The zero-order valence-corrected chi connectivity index (χ0v) is 9.82. The molecule has 0 radical (unpaired) electrons. The number of fused-ring (bicyclic) bond motifs is 2. The summed E-state index contributed by atoms with van der Waals surface area (Å²) >= 11 is 0. The maximum atomic E-state index is 13.6. The Hall–Kier alpha value is -0.890. The third-order valence-corrected chi connectivity index (χ3v) is 4.56. The highest BCUT2D eigenvalue weighted by atomic mass is 19.1. The summed E-state index contributed by atoms with van der Waals surface area (Å²) in [5.74, 6) is 0.867. The topological polar surface area (TPSA) is 0 Å². The largest absolute Gasteiger partial charge is 0.320 e. The van der Waals surface area contributed by atoms with E-state index in [-0.39, 0.29) is 5.82 Å². The van der Waals surface area contributed by atoms with Gasteiger partial charge in [-0.15, -0.1) is 0 Å². The minimum absolute atomic E-state index is 0.0374. The molecule has 1 saturated carbocycles. The highest BCUT2D eigenvalue weighted by molar-refractivity contribution is 5.16. The van der Waals surface area contributed by atoms with E-state index in [1.54, 1.807) is 12.1 Å². The molecule has 1 aromatic rings. The van der Waals surface area contributed by atoms with E-state index in [2.05, 4.69) is 7.05 Å². The zero-order chi connectivity index (χ0) is 11.2. The highest BCUT2D eigenvalue weighted by Crippen LogP contribution is 2.42. The standard InChI is InChI=1S/C14H19FN/c1-16(9-11-6-7-13(16)8-11)10-12-4-2-3-5-14(12)15/h2-5,11,13H,6-10H2,1H3/q+1/t11?,13?,16-/m0/s1. The van der Waals surface area contributed by atoms with Gasteiger partial charge in [-0.3, -0.25) is 0 Å². The summed E-state index contributed by atoms with van der Waals surface area (Å²) in [6.07, 6.45) is 4.11. The molecular weight excluding hydrogens is 201 g/mol. The Morgan fingerprint density at radius 2 is 2.12 bits per heavy atom. The van der Waals surface area contributed by atoms with Crippen LogP contribution in [0.15, 0.2) is 24.3 Å². The fourth-order valence-corrected chi connectivity index (χ4v) is 3.73. The van der Waals surface area contributed by atoms with E-state index in [4.69, 9.17) is 0 Å². The first-order valence-corrected chi connectivity index (χ1v) is 6.25. The molecule has 1 aliphatic heterocycles. The minimum atomic E-state index is -0.0374. The second kappa shape index (κ2) is 3.56. The summed E-state index contributed by atoms with van der Waals surface area (Å²) in [5, 5.41) is 0. The molecule has 1 heterocycles. The van der Waals surface area contributed by atoms with Crippen LogP contribution >= 0.6 is 0 Å². The minimum Gasteiger partial charge on any atom is -0.320 e. The Balaban J connectivity index is 1.82. The van der Waals surface area contributed by atoms with E-state index in [0.29, 0.717) is 0 Å². The molecule has 86 valence electrons. The molecule has 2 bridgehead atoms. The van der Waals surface area contributed by atoms with Crippen molar-refractivity contribution in [3.05, 3.63) is 35.6 Å². The van der Waals surface area contributed by atoms with Crippen molar-refractivity contribution in [2.24, 2.45) is 5.92 Å². The van der Waals surface area contributed by atoms with Crippen LogP contribution in [0.25, 0.3) is 0 Å². The number of piperidine rings is 1. The Bertz CT molecular complexity index is 403. The van der Waals surface area contributed by atoms with E-state index in [1.165, 1.54) is 25.8 Å². The normalized spacial score (nSPS) is 36.9. The quantitative estimate of drug-likeness (QED) is 0.672. The summed E-state index contributed by atoms with van der Waals surface area (Å²) in [4.78, 5) is 0. The summed E-state index contributed by atoms with van der Waals surface area (Å²) in [6, 6.07) is 8.01. The van der Waals surface area contributed by atoms with Crippen LogP contribution in [0.2, 0.25) is 0 Å². The van der Waals surface area contributed by atoms with Gasteiger partial charge in [0.15, 0.2) is 0 Å². The van der Waals surface area contributed by atoms with Crippen LogP contribution in [0, 0.1) is 11.7 Å². The van der Waals surface area contributed by atoms with Crippen molar-refractivity contribution < 1.29 is 8.87 Å². The number of nitrogens with zero attached hydrogens (tertiary/aromatic N) is 1. The molecule has 16 heavy (non-hydrogen) atoms. The predicted molar refractivity (Wildman–Crippen MR) is 62.3 cm³/mol. The van der Waals surface area contributed by atoms with Crippen LogP contribution in [0.4, 0.5) is 4.39 Å². The number of hydrogen-bond acceptors (Lipinski definition) is 0. The van der Waals surface area contributed by atoms with E-state index >= 15 is 0 Å². The van der Waals surface area contributed by atoms with Crippen molar-refractivity contribution in [3.63, 3.8) is 0 Å². The van der Waals surface area contributed by atoms with Gasteiger partial charge in [-0.05, 0) is 18.9 Å². The van der Waals surface area contributed by atoms with E-state index in [9.17, 15) is 4.39 Å². The zero-order valence-electron chi connectivity index (χ0n) is 9.82. The van der Waals surface area contributed by atoms with Gasteiger partial charge < -0.3 is 4.48 Å². The van der Waals surface area contributed by atoms with Crippen molar-refractivity contribution in [2.45, 2.75) is 31.8 Å². The van der Waals surface area contributed by atoms with Gasteiger partial charge in [0.25, 0.3) is 0 Å². The molecule has 1 saturated heterocycles. The maximum Gasteiger partial charge on any atom is 0.132 e. The molecule has 0 spiro atoms. The molecule has 2 heteroatoms. The number of likely N-dealkylation sites (tertiary alicyclic amines) is 1. The van der Waals surface area contributed by atoms with Crippen LogP contribution in [0.1, 0.15) is 24.8 Å². The lowest BCUT2D eigenvalue weighted by Gasteiger charge is -2.38. The Kier molecular flexibility index (Phi) is 2.28. The predicted octanol–water partition coefficient (Wildman–Crippen LogP) is 2.95. The lowest BCUT2D eigenvalue weighted by atomic mass is 10.1. The van der Waals surface area contributed by atoms with Gasteiger partial charge >= 0.3 is 0 Å². The van der Waals surface area contributed by atoms with E-state index in [1.807, 2.05) is 12.1 Å². The second-order valence-corrected chi connectivity index (χ2v) is 5.74. The van der Waals surface area contributed by atoms with Gasteiger partial charge in [0.2, 0.25) is 0 Å². The molecular formula is C14H19FN+. The molecule has 2 fully saturated rings. The first-order valence-electron chi connectivity index (χ1n) is 6.25. The lowest BCUT2D eigenvalue weighted by Crippen LogP contribution is -2.49. The Morgan fingerprint density at radius 3 is 2.75 bits per heavy atom. The van der Waals surface area contributed by atoms with Crippen molar-refractivity contribution in [1.29, 1.82) is 0 Å². The third-order valence-electron chi connectivity index (χ3n) is 4.56. The highest BCUT2D eigenvalue weighted by Gasteiger charge is 2.48. The molecule has 1 nitrogen and oxygen atoms in total. The average Bonchev–Trinajstić information content (AvgIpc) is 2.81. The van der Waals surface area contributed by atoms with Gasteiger partial charge in [0.05, 0.1) is 19.6 Å². The first kappa shape index (κ1) is 10.3. The molecule has 3 rings (SSSR count). The number of quaternary nitrogens is 1. The third kappa shape index (κ3) is 1.56. The number of rotatable bonds is 2. The molecule has 2 unspecified atom stereocenters. The molecule has 1 aliphatic carbocycles. The van der Waals surface area contributed by atoms with Gasteiger partial charge in [0, 0.05) is 17.9 Å². The van der Waals surface area contributed by atoms with Gasteiger partial charge in [0.1, 0.15) is 12.4 Å². The van der Waals surface area contributed by atoms with Crippen LogP contribution in [0.5, 0.6) is 0 Å². The lowest BCUT2D eigenvalue weighted by molar-refractivity contribution is -0.938. The molecule has 3 atom stereocenters. The van der Waals surface area contributed by atoms with Crippen LogP contribution in [0.3, 0.4) is 0 Å². The Morgan fingerprint density at radius 1 is 1.31 bits per heavy atom. The average molecular weight is 220 g/mol. The van der Waals surface area contributed by atoms with Crippen LogP contribution < -0.4 is 0 Å². The molecule has 0 aromatic heterocycles. The van der Waals surface area contributed by atoms with Crippen LogP contribution in [-0.4, -0.2) is 24.1 Å². The summed E-state index contributed by atoms with van der Waals surface area (Å²) in [6.45, 7) is 2.12. The summed E-state index contributed by atoms with van der Waals surface area (Å²) in [7, 11) is 2.30. The first-order chi connectivity index (χ1) is 7.67. The van der Waals surface area contributed by atoms with Gasteiger partial charge in [-0.25, -0.2) is 4.39 Å². The molecule has 0 amide bonds. The van der Waals surface area contributed by atoms with E-state index in [0.717, 1.165) is 28.6 Å². The molecule has 1 aromatic carbocycles. The van der Waals surface area contributed by atoms with E-state index < -0.39 is 0 Å². The van der Waals surface area contributed by atoms with Gasteiger partial charge in [-0.1, -0.05) is 18.2 Å². The van der Waals surface area contributed by atoms with Crippen molar-refractivity contribution in [1.82, 2.24) is 0 Å². The monoisotopic (exact) mass is 220 g/mol. The van der Waals surface area contributed by atoms with Gasteiger partial charge in [-0.2, -0.15) is 0 Å². The Labute approximate surface area is 96.5 Å². The fraction of sp³-hybridized carbons (Fsp3) is 0.571. The summed E-state index contributed by atoms with van der Waals surface area (Å²) < 4.78 is 14.7. The SMILES string of the molecule is C[N@@+]1(Cc2ccccc2F)CC2CCC1C2. The van der Waals surface area contributed by atoms with Crippen molar-refractivity contribution in [3.8, 4) is 0 Å². The smallest absolute Gasteiger partial charge is 0.132 e. The van der Waals surface area contributed by atoms with Crippen molar-refractivity contribution in [2.75, 3.05) is 13.6 Å². The fourth-order valence-electron chi connectivity index (χ4n) is 3.73. The number of hydrogen-bond donors (Lipinski definition) is 0. The number of benzene rings is 1. The maximum absolute atomic E-state index is 13.6. The summed E-state index contributed by atoms with van der Waals surface area (Å²) in [5.41, 5.74) is 0.887. The number of halogens is 1. The molecule has 0 N–H and O–H groups in total. The van der Waals surface area contributed by atoms with Crippen molar-refractivity contribution >= 4 is 0 Å².